The average molecular weight is 484 g/mol. The predicted molar refractivity (Wildman–Crippen MR) is 122 cm³/mol. The van der Waals surface area contributed by atoms with Crippen LogP contribution in [0.4, 0.5) is 24.7 Å². The smallest absolute Gasteiger partial charge is 0.410 e. The van der Waals surface area contributed by atoms with Gasteiger partial charge < -0.3 is 15.1 Å². The molecule has 3 aromatic heterocycles. The molecule has 1 aromatic carbocycles. The van der Waals surface area contributed by atoms with Crippen LogP contribution >= 0.6 is 0 Å². The molecule has 0 aliphatic carbocycles. The maximum atomic E-state index is 13.8. The maximum absolute atomic E-state index is 13.8. The Labute approximate surface area is 198 Å². The molecule has 0 saturated carbocycles. The number of alkyl halides is 3. The van der Waals surface area contributed by atoms with E-state index < -0.39 is 24.2 Å². The van der Waals surface area contributed by atoms with Gasteiger partial charge in [-0.15, -0.1) is 0 Å². The van der Waals surface area contributed by atoms with Gasteiger partial charge in [-0.3, -0.25) is 9.48 Å². The summed E-state index contributed by atoms with van der Waals surface area (Å²) in [5.41, 5.74) is 2.90. The highest BCUT2D eigenvalue weighted by atomic mass is 19.4. The minimum atomic E-state index is -4.55. The third-order valence-corrected chi connectivity index (χ3v) is 6.16. The van der Waals surface area contributed by atoms with E-state index >= 15 is 0 Å². The number of hydrogen-bond donors (Lipinski definition) is 2. The van der Waals surface area contributed by atoms with Gasteiger partial charge in [0.15, 0.2) is 6.04 Å². The van der Waals surface area contributed by atoms with Crippen LogP contribution in [0, 0.1) is 13.8 Å². The molecule has 0 spiro atoms. The second kappa shape index (κ2) is 8.64. The Hall–Kier alpha value is -4.02. The van der Waals surface area contributed by atoms with E-state index in [4.69, 9.17) is 4.42 Å². The van der Waals surface area contributed by atoms with Gasteiger partial charge in [0.1, 0.15) is 17.1 Å². The summed E-state index contributed by atoms with van der Waals surface area (Å²) in [6, 6.07) is 10.3. The second-order valence-corrected chi connectivity index (χ2v) is 8.50. The molecule has 4 aromatic rings. The van der Waals surface area contributed by atoms with Gasteiger partial charge in [0.2, 0.25) is 0 Å². The Morgan fingerprint density at radius 1 is 1.20 bits per heavy atom. The first-order chi connectivity index (χ1) is 16.7. The molecular weight excluding hydrogens is 461 g/mol. The van der Waals surface area contributed by atoms with Crippen molar-refractivity contribution in [2.45, 2.75) is 45.1 Å². The predicted octanol–water partition coefficient (Wildman–Crippen LogP) is 5.25. The second-order valence-electron chi connectivity index (χ2n) is 8.50. The lowest BCUT2D eigenvalue weighted by atomic mass is 10.0. The molecule has 0 radical (unpaired) electrons. The Morgan fingerprint density at radius 3 is 2.66 bits per heavy atom. The highest BCUT2D eigenvalue weighted by Gasteiger charge is 2.47. The zero-order chi connectivity index (χ0) is 24.7. The molecule has 2 atom stereocenters. The number of hydrogen-bond acceptors (Lipinski definition) is 5. The van der Waals surface area contributed by atoms with Gasteiger partial charge in [-0.2, -0.15) is 23.4 Å². The number of amides is 1. The van der Waals surface area contributed by atoms with Crippen LogP contribution in [-0.4, -0.2) is 31.6 Å². The molecule has 11 heteroatoms. The summed E-state index contributed by atoms with van der Waals surface area (Å²) in [6.45, 7) is 4.12. The largest absolute Gasteiger partial charge is 0.467 e. The van der Waals surface area contributed by atoms with E-state index in [1.54, 1.807) is 23.7 Å². The number of nitrogens with zero attached hydrogens (tertiary/aromatic N) is 4. The van der Waals surface area contributed by atoms with Crippen LogP contribution in [0.1, 0.15) is 51.6 Å². The molecule has 4 heterocycles. The van der Waals surface area contributed by atoms with Crippen molar-refractivity contribution in [1.29, 1.82) is 0 Å². The van der Waals surface area contributed by atoms with Crippen LogP contribution in [0.2, 0.25) is 0 Å². The summed E-state index contributed by atoms with van der Waals surface area (Å²) in [5, 5.41) is 14.3. The topological polar surface area (TPSA) is 89.9 Å². The van der Waals surface area contributed by atoms with Crippen molar-refractivity contribution in [3.63, 3.8) is 0 Å². The van der Waals surface area contributed by atoms with Crippen molar-refractivity contribution in [3.05, 3.63) is 83.2 Å². The molecule has 5 rings (SSSR count). The Bertz CT molecular complexity index is 1340. The maximum Gasteiger partial charge on any atom is 0.410 e. The molecule has 0 unspecified atom stereocenters. The fourth-order valence-electron chi connectivity index (χ4n) is 4.37. The summed E-state index contributed by atoms with van der Waals surface area (Å²) in [6.07, 6.45) is -2.30. The van der Waals surface area contributed by atoms with E-state index in [1.165, 1.54) is 6.26 Å². The first-order valence-electron chi connectivity index (χ1n) is 11.1. The molecule has 0 saturated heterocycles. The molecule has 0 fully saturated rings. The van der Waals surface area contributed by atoms with E-state index in [1.807, 2.05) is 37.3 Å². The van der Waals surface area contributed by atoms with Crippen molar-refractivity contribution in [2.75, 3.05) is 10.6 Å². The molecule has 1 aliphatic heterocycles. The fraction of sp³-hybridized carbons (Fsp3) is 0.292. The summed E-state index contributed by atoms with van der Waals surface area (Å²) < 4.78 is 49.5. The summed E-state index contributed by atoms with van der Waals surface area (Å²) in [4.78, 5) is 13.2. The van der Waals surface area contributed by atoms with Crippen LogP contribution in [0.15, 0.2) is 59.3 Å². The third kappa shape index (κ3) is 4.29. The molecule has 0 bridgehead atoms. The molecule has 2 N–H and O–H groups in total. The van der Waals surface area contributed by atoms with E-state index in [9.17, 15) is 18.0 Å². The Balaban J connectivity index is 1.43. The van der Waals surface area contributed by atoms with Gasteiger partial charge >= 0.3 is 6.18 Å². The number of anilines is 2. The lowest BCUT2D eigenvalue weighted by Crippen LogP contribution is -2.36. The minimum Gasteiger partial charge on any atom is -0.467 e. The normalized spacial score (nSPS) is 17.6. The highest BCUT2D eigenvalue weighted by Crippen LogP contribution is 2.44. The number of carbonyl (C=O) groups is 1. The molecule has 1 aliphatic rings. The van der Waals surface area contributed by atoms with Crippen molar-refractivity contribution in [2.24, 2.45) is 0 Å². The number of halogens is 3. The molecule has 1 amide bonds. The average Bonchev–Trinajstić information content (AvgIpc) is 3.55. The van der Waals surface area contributed by atoms with Gasteiger partial charge in [-0.1, -0.05) is 30.3 Å². The van der Waals surface area contributed by atoms with E-state index in [0.717, 1.165) is 22.1 Å². The van der Waals surface area contributed by atoms with Gasteiger partial charge in [-0.05, 0) is 31.5 Å². The van der Waals surface area contributed by atoms with Crippen LogP contribution in [0.3, 0.4) is 0 Å². The fourth-order valence-corrected chi connectivity index (χ4v) is 4.37. The van der Waals surface area contributed by atoms with E-state index in [0.29, 0.717) is 23.7 Å². The number of rotatable bonds is 5. The first kappa shape index (κ1) is 22.8. The van der Waals surface area contributed by atoms with Crippen molar-refractivity contribution >= 4 is 17.4 Å². The number of fused-ring (bicyclic) bond motifs is 1. The van der Waals surface area contributed by atoms with Crippen LogP contribution in [-0.2, 0) is 6.54 Å². The SMILES string of the molecule is Cc1nn(Cc2ccccc2)c(C)c1NC(=O)c1cnn2c1N[C@@H](c1ccco1)C[C@H]2C(F)(F)F. The van der Waals surface area contributed by atoms with Crippen LogP contribution in [0.5, 0.6) is 0 Å². The molecule has 8 nitrogen and oxygen atoms in total. The quantitative estimate of drug-likeness (QED) is 0.404. The molecular formula is C24H23F3N6O2. The van der Waals surface area contributed by atoms with Gasteiger partial charge in [-0.25, -0.2) is 4.68 Å². The Morgan fingerprint density at radius 2 is 1.97 bits per heavy atom. The van der Waals surface area contributed by atoms with Crippen LogP contribution in [0.25, 0.3) is 0 Å². The molecule has 35 heavy (non-hydrogen) atoms. The standard InChI is InChI=1S/C24H23F3N6O2/c1-14-21(15(2)32(31-14)13-16-7-4-3-5-8-16)30-23(34)17-12-28-33-20(24(25,26)27)11-18(29-22(17)33)19-9-6-10-35-19/h3-10,12,18,20,29H,11,13H2,1-2H3,(H,30,34)/t18-,20+/m1/s1. The van der Waals surface area contributed by atoms with Gasteiger partial charge in [0.25, 0.3) is 5.91 Å². The highest BCUT2D eigenvalue weighted by molar-refractivity contribution is 6.08. The van der Waals surface area contributed by atoms with E-state index in [2.05, 4.69) is 20.8 Å². The monoisotopic (exact) mass is 484 g/mol. The number of aromatic nitrogens is 4. The van der Waals surface area contributed by atoms with Crippen molar-refractivity contribution < 1.29 is 22.4 Å². The first-order valence-corrected chi connectivity index (χ1v) is 11.1. The van der Waals surface area contributed by atoms with E-state index in [-0.39, 0.29) is 17.8 Å². The lowest BCUT2D eigenvalue weighted by Gasteiger charge is -2.32. The minimum absolute atomic E-state index is 0.00474. The zero-order valence-electron chi connectivity index (χ0n) is 19.0. The number of benzene rings is 1. The summed E-state index contributed by atoms with van der Waals surface area (Å²) in [5.74, 6) is -0.235. The Kier molecular flexibility index (Phi) is 5.62. The van der Waals surface area contributed by atoms with Crippen molar-refractivity contribution in [3.8, 4) is 0 Å². The lowest BCUT2D eigenvalue weighted by molar-refractivity contribution is -0.174. The zero-order valence-corrected chi connectivity index (χ0v) is 19.0. The number of aryl methyl sites for hydroxylation is 1. The third-order valence-electron chi connectivity index (χ3n) is 6.16. The summed E-state index contributed by atoms with van der Waals surface area (Å²) in [7, 11) is 0. The number of carbonyl (C=O) groups excluding carboxylic acids is 1. The number of furan rings is 1. The molecule has 182 valence electrons. The number of nitrogens with one attached hydrogen (secondary N) is 2. The van der Waals surface area contributed by atoms with Crippen molar-refractivity contribution in [1.82, 2.24) is 19.6 Å². The van der Waals surface area contributed by atoms with Gasteiger partial charge in [0, 0.05) is 6.42 Å². The van der Waals surface area contributed by atoms with Gasteiger partial charge in [0.05, 0.1) is 42.1 Å². The summed E-state index contributed by atoms with van der Waals surface area (Å²) >= 11 is 0. The van der Waals surface area contributed by atoms with Crippen LogP contribution < -0.4 is 10.6 Å².